The molecule has 0 spiro atoms. The van der Waals surface area contributed by atoms with Gasteiger partial charge in [-0.2, -0.15) is 4.98 Å². The highest BCUT2D eigenvalue weighted by Gasteiger charge is 2.32. The molecular formula is C21H26N4O5S. The maximum absolute atomic E-state index is 12.9. The maximum Gasteiger partial charge on any atom is 0.279 e. The molecule has 0 bridgehead atoms. The summed E-state index contributed by atoms with van der Waals surface area (Å²) in [6.07, 6.45) is 1.05. The Morgan fingerprint density at radius 2 is 2.06 bits per heavy atom. The number of fused-ring (bicyclic) bond motifs is 1. The molecule has 1 aliphatic heterocycles. The Morgan fingerprint density at radius 3 is 2.74 bits per heavy atom. The first-order chi connectivity index (χ1) is 14.8. The Balaban J connectivity index is 2.05. The number of thioether (sulfide) groups is 1. The number of aromatic nitrogens is 2. The topological polar surface area (TPSA) is 126 Å². The normalized spacial score (nSPS) is 15.2. The third-order valence-corrected chi connectivity index (χ3v) is 6.01. The van der Waals surface area contributed by atoms with Gasteiger partial charge in [-0.25, -0.2) is 0 Å². The van der Waals surface area contributed by atoms with E-state index in [-0.39, 0.29) is 24.5 Å². The molecule has 2 amide bonds. The van der Waals surface area contributed by atoms with E-state index >= 15 is 0 Å². The van der Waals surface area contributed by atoms with Crippen LogP contribution in [0.4, 0.5) is 5.82 Å². The zero-order valence-corrected chi connectivity index (χ0v) is 18.6. The lowest BCUT2D eigenvalue weighted by Gasteiger charge is -2.28. The molecule has 0 fully saturated rings. The molecule has 3 rings (SSSR count). The average Bonchev–Trinajstić information content (AvgIpc) is 2.73. The summed E-state index contributed by atoms with van der Waals surface area (Å²) < 4.78 is 12.8. The second-order valence-corrected chi connectivity index (χ2v) is 8.13. The van der Waals surface area contributed by atoms with Crippen molar-refractivity contribution in [1.82, 2.24) is 9.55 Å². The number of amides is 2. The largest absolute Gasteiger partial charge is 0.490 e. The summed E-state index contributed by atoms with van der Waals surface area (Å²) in [6.45, 7) is 3.97. The molecule has 0 radical (unpaired) electrons. The van der Waals surface area contributed by atoms with Gasteiger partial charge < -0.3 is 25.1 Å². The summed E-state index contributed by atoms with van der Waals surface area (Å²) in [5.41, 5.74) is 5.96. The van der Waals surface area contributed by atoms with Crippen molar-refractivity contribution in [2.45, 2.75) is 37.8 Å². The lowest BCUT2D eigenvalue weighted by molar-refractivity contribution is -0.120. The van der Waals surface area contributed by atoms with E-state index in [0.29, 0.717) is 34.6 Å². The molecule has 1 atom stereocenters. The van der Waals surface area contributed by atoms with Gasteiger partial charge in [-0.3, -0.25) is 14.4 Å². The van der Waals surface area contributed by atoms with Crippen molar-refractivity contribution in [3.05, 3.63) is 39.7 Å². The van der Waals surface area contributed by atoms with Crippen molar-refractivity contribution in [2.75, 3.05) is 24.3 Å². The highest BCUT2D eigenvalue weighted by molar-refractivity contribution is 7.99. The van der Waals surface area contributed by atoms with E-state index in [9.17, 15) is 14.4 Å². The highest BCUT2D eigenvalue weighted by Crippen LogP contribution is 2.39. The van der Waals surface area contributed by atoms with Crippen molar-refractivity contribution < 1.29 is 19.1 Å². The summed E-state index contributed by atoms with van der Waals surface area (Å²) in [5, 5.41) is 3.40. The van der Waals surface area contributed by atoms with E-state index in [4.69, 9.17) is 15.2 Å². The van der Waals surface area contributed by atoms with E-state index in [0.717, 1.165) is 17.7 Å². The molecule has 0 saturated heterocycles. The monoisotopic (exact) mass is 446 g/mol. The van der Waals surface area contributed by atoms with Crippen LogP contribution >= 0.6 is 11.8 Å². The van der Waals surface area contributed by atoms with E-state index in [1.807, 2.05) is 13.8 Å². The fourth-order valence-corrected chi connectivity index (χ4v) is 4.24. The van der Waals surface area contributed by atoms with Crippen molar-refractivity contribution in [1.29, 1.82) is 0 Å². The summed E-state index contributed by atoms with van der Waals surface area (Å²) in [6, 6.07) is 5.13. The van der Waals surface area contributed by atoms with Gasteiger partial charge in [0.05, 0.1) is 12.2 Å². The number of anilines is 1. The third-order valence-electron chi connectivity index (χ3n) is 4.78. The van der Waals surface area contributed by atoms with Crippen molar-refractivity contribution in [3.63, 3.8) is 0 Å². The minimum atomic E-state index is -0.601. The first kappa shape index (κ1) is 22.7. The van der Waals surface area contributed by atoms with Crippen LogP contribution < -0.4 is 26.1 Å². The van der Waals surface area contributed by atoms with Crippen molar-refractivity contribution >= 4 is 29.4 Å². The molecule has 0 aliphatic carbocycles. The van der Waals surface area contributed by atoms with Crippen LogP contribution in [0.25, 0.3) is 0 Å². The molecule has 166 valence electrons. The summed E-state index contributed by atoms with van der Waals surface area (Å²) in [5.74, 6) is 0.793. The van der Waals surface area contributed by atoms with Crippen LogP contribution in [0.1, 0.15) is 43.7 Å². The first-order valence-corrected chi connectivity index (χ1v) is 11.1. The fraction of sp³-hybridized carbons (Fsp3) is 0.429. The van der Waals surface area contributed by atoms with Gasteiger partial charge in [-0.15, -0.1) is 0 Å². The van der Waals surface area contributed by atoms with Gasteiger partial charge in [0.2, 0.25) is 5.91 Å². The number of nitrogens with zero attached hydrogens (tertiary/aromatic N) is 2. The van der Waals surface area contributed by atoms with Crippen LogP contribution in [0.15, 0.2) is 28.2 Å². The molecule has 3 N–H and O–H groups in total. The van der Waals surface area contributed by atoms with Crippen LogP contribution in [0.2, 0.25) is 0 Å². The third kappa shape index (κ3) is 5.01. The molecule has 0 unspecified atom stereocenters. The molecular weight excluding hydrogens is 420 g/mol. The Kier molecular flexibility index (Phi) is 7.21. The minimum absolute atomic E-state index is 0.110. The summed E-state index contributed by atoms with van der Waals surface area (Å²) in [7, 11) is 1.79. The molecule has 10 heteroatoms. The van der Waals surface area contributed by atoms with Gasteiger partial charge in [-0.05, 0) is 31.0 Å². The number of primary amides is 1. The van der Waals surface area contributed by atoms with E-state index in [2.05, 4.69) is 10.3 Å². The molecule has 0 saturated carbocycles. The first-order valence-electron chi connectivity index (χ1n) is 10.1. The predicted molar refractivity (Wildman–Crippen MR) is 118 cm³/mol. The molecule has 1 aliphatic rings. The second-order valence-electron chi connectivity index (χ2n) is 7.07. The van der Waals surface area contributed by atoms with Crippen molar-refractivity contribution in [2.24, 2.45) is 12.8 Å². The zero-order valence-electron chi connectivity index (χ0n) is 17.8. The fourth-order valence-electron chi connectivity index (χ4n) is 3.42. The van der Waals surface area contributed by atoms with Crippen LogP contribution in [-0.2, 0) is 16.6 Å². The molecule has 2 heterocycles. The quantitative estimate of drug-likeness (QED) is 0.446. The summed E-state index contributed by atoms with van der Waals surface area (Å²) in [4.78, 5) is 40.8. The van der Waals surface area contributed by atoms with Gasteiger partial charge in [-0.1, -0.05) is 24.8 Å². The lowest BCUT2D eigenvalue weighted by atomic mass is 9.86. The number of carbonyl (C=O) groups excluding carboxylic acids is 2. The van der Waals surface area contributed by atoms with E-state index < -0.39 is 11.8 Å². The van der Waals surface area contributed by atoms with Gasteiger partial charge in [0.1, 0.15) is 5.82 Å². The predicted octanol–water partition coefficient (Wildman–Crippen LogP) is 2.02. The highest BCUT2D eigenvalue weighted by atomic mass is 32.2. The van der Waals surface area contributed by atoms with Gasteiger partial charge >= 0.3 is 0 Å². The number of hydrogen-bond acceptors (Lipinski definition) is 7. The Bertz CT molecular complexity index is 1050. The van der Waals surface area contributed by atoms with Crippen LogP contribution in [0.3, 0.4) is 0 Å². The van der Waals surface area contributed by atoms with E-state index in [1.165, 1.54) is 11.8 Å². The average molecular weight is 447 g/mol. The van der Waals surface area contributed by atoms with Gasteiger partial charge in [0.15, 0.2) is 23.3 Å². The number of benzene rings is 1. The lowest BCUT2D eigenvalue weighted by Crippen LogP contribution is -2.33. The van der Waals surface area contributed by atoms with Crippen LogP contribution in [0.5, 0.6) is 11.5 Å². The standard InChI is InChI=1S/C21H26N4O5S/c1-4-8-31-21-24-20(28)18-13(10-17(27)23-19(18)25(21)3)12-6-7-14(30-11-16(22)26)15(9-12)29-5-2/h6-7,9,13H,4-5,8,10-11H2,1-3H3,(H2,22,26)(H,23,27)/t13-/m0/s1. The summed E-state index contributed by atoms with van der Waals surface area (Å²) >= 11 is 1.48. The maximum atomic E-state index is 12.9. The van der Waals surface area contributed by atoms with Gasteiger partial charge in [0.25, 0.3) is 11.5 Å². The number of nitrogens with two attached hydrogens (primary N) is 1. The minimum Gasteiger partial charge on any atom is -0.490 e. The number of ether oxygens (including phenoxy) is 2. The SMILES string of the molecule is CCCSc1nc(=O)c2c(n1C)NC(=O)C[C@H]2c1ccc(OCC(N)=O)c(OCC)c1. The molecule has 31 heavy (non-hydrogen) atoms. The molecule has 2 aromatic rings. The van der Waals surface area contributed by atoms with E-state index in [1.54, 1.807) is 29.8 Å². The number of rotatable bonds is 9. The zero-order chi connectivity index (χ0) is 22.5. The van der Waals surface area contributed by atoms with Gasteiger partial charge in [0, 0.05) is 25.1 Å². The smallest absolute Gasteiger partial charge is 0.279 e. The molecule has 1 aromatic heterocycles. The Hall–Kier alpha value is -3.01. The molecule has 1 aromatic carbocycles. The molecule has 9 nitrogen and oxygen atoms in total. The van der Waals surface area contributed by atoms with Crippen LogP contribution in [-0.4, -0.2) is 40.3 Å². The number of carbonyl (C=O) groups is 2. The number of hydrogen-bond donors (Lipinski definition) is 2. The Labute approximate surface area is 184 Å². The second kappa shape index (κ2) is 9.86. The van der Waals surface area contributed by atoms with Crippen LogP contribution in [0, 0.1) is 0 Å². The number of nitrogens with one attached hydrogen (secondary N) is 1. The Morgan fingerprint density at radius 1 is 1.29 bits per heavy atom. The van der Waals surface area contributed by atoms with Crippen molar-refractivity contribution in [3.8, 4) is 11.5 Å².